The molecule has 10 heteroatoms. The highest BCUT2D eigenvalue weighted by Gasteiger charge is 2.21. The average Bonchev–Trinajstić information content (AvgIpc) is 3.39. The van der Waals surface area contributed by atoms with Crippen molar-refractivity contribution in [1.29, 1.82) is 0 Å². The molecule has 1 amide bonds. The molecule has 32 heavy (non-hydrogen) atoms. The number of nitrogens with zero attached hydrogens (tertiary/aromatic N) is 3. The molecule has 0 radical (unpaired) electrons. The Morgan fingerprint density at radius 3 is 2.53 bits per heavy atom. The second-order valence-corrected chi connectivity index (χ2v) is 11.1. The fourth-order valence-corrected chi connectivity index (χ4v) is 5.64. The van der Waals surface area contributed by atoms with Gasteiger partial charge in [0.25, 0.3) is 21.6 Å². The monoisotopic (exact) mass is 470 g/mol. The quantitative estimate of drug-likeness (QED) is 0.460. The summed E-state index contributed by atoms with van der Waals surface area (Å²) in [5.41, 5.74) is 3.86. The number of thiophene rings is 1. The average molecular weight is 471 g/mol. The van der Waals surface area contributed by atoms with Crippen LogP contribution in [0, 0.1) is 13.8 Å². The van der Waals surface area contributed by atoms with E-state index in [4.69, 9.17) is 4.52 Å². The van der Waals surface area contributed by atoms with E-state index < -0.39 is 10.0 Å². The van der Waals surface area contributed by atoms with Crippen LogP contribution in [0.1, 0.15) is 26.5 Å². The number of rotatable bonds is 6. The second-order valence-electron chi connectivity index (χ2n) is 7.56. The van der Waals surface area contributed by atoms with Crippen molar-refractivity contribution in [2.75, 3.05) is 14.1 Å². The Morgan fingerprint density at radius 2 is 1.84 bits per heavy atom. The molecule has 1 aromatic carbocycles. The van der Waals surface area contributed by atoms with Gasteiger partial charge in [0.1, 0.15) is 4.21 Å². The summed E-state index contributed by atoms with van der Waals surface area (Å²) in [4.78, 5) is 18.4. The lowest BCUT2D eigenvalue weighted by Gasteiger charge is -2.09. The molecule has 0 saturated carbocycles. The van der Waals surface area contributed by atoms with Crippen molar-refractivity contribution in [2.24, 2.45) is 0 Å². The van der Waals surface area contributed by atoms with Crippen molar-refractivity contribution in [3.63, 3.8) is 0 Å². The molecule has 0 saturated heterocycles. The Hall–Kier alpha value is -3.08. The minimum absolute atomic E-state index is 0.195. The van der Waals surface area contributed by atoms with Crippen LogP contribution in [-0.4, -0.2) is 42.9 Å². The van der Waals surface area contributed by atoms with Gasteiger partial charge in [0.15, 0.2) is 0 Å². The number of carbonyl (C=O) groups excluding carboxylic acids is 1. The molecular weight excluding hydrogens is 448 g/mol. The van der Waals surface area contributed by atoms with Crippen molar-refractivity contribution in [3.8, 4) is 11.3 Å². The molecule has 4 rings (SSSR count). The van der Waals surface area contributed by atoms with E-state index in [1.165, 1.54) is 14.1 Å². The number of aromatic nitrogens is 2. The number of fused-ring (bicyclic) bond motifs is 1. The van der Waals surface area contributed by atoms with Gasteiger partial charge in [-0.2, -0.15) is 0 Å². The first-order chi connectivity index (χ1) is 15.2. The predicted octanol–water partition coefficient (Wildman–Crippen LogP) is 3.75. The smallest absolute Gasteiger partial charge is 0.259 e. The van der Waals surface area contributed by atoms with Crippen molar-refractivity contribution >= 4 is 38.4 Å². The molecule has 0 aliphatic rings. The van der Waals surface area contributed by atoms with Gasteiger partial charge in [0, 0.05) is 24.5 Å². The fraction of sp³-hybridized carbons (Fsp3) is 0.227. The van der Waals surface area contributed by atoms with Crippen LogP contribution < -0.4 is 5.32 Å². The van der Waals surface area contributed by atoms with Gasteiger partial charge < -0.3 is 9.84 Å². The summed E-state index contributed by atoms with van der Waals surface area (Å²) >= 11 is 1.13. The van der Waals surface area contributed by atoms with Crippen molar-refractivity contribution in [3.05, 3.63) is 64.2 Å². The number of sulfonamides is 1. The molecule has 3 heterocycles. The van der Waals surface area contributed by atoms with Crippen LogP contribution in [-0.2, 0) is 16.6 Å². The van der Waals surface area contributed by atoms with Crippen LogP contribution >= 0.6 is 11.3 Å². The van der Waals surface area contributed by atoms with Crippen LogP contribution in [0.4, 0.5) is 0 Å². The summed E-state index contributed by atoms with van der Waals surface area (Å²) in [6, 6.07) is 12.8. The second kappa shape index (κ2) is 8.45. The van der Waals surface area contributed by atoms with Gasteiger partial charge in [-0.1, -0.05) is 35.0 Å². The molecule has 0 fully saturated rings. The molecule has 0 aliphatic heterocycles. The van der Waals surface area contributed by atoms with E-state index in [0.717, 1.165) is 31.6 Å². The number of hydrogen-bond donors (Lipinski definition) is 1. The number of carbonyl (C=O) groups is 1. The minimum Gasteiger partial charge on any atom is -0.347 e. The molecule has 0 unspecified atom stereocenters. The zero-order valence-electron chi connectivity index (χ0n) is 18.0. The maximum absolute atomic E-state index is 13.1. The van der Waals surface area contributed by atoms with Crippen LogP contribution in [0.2, 0.25) is 0 Å². The number of hydrogen-bond acceptors (Lipinski definition) is 7. The summed E-state index contributed by atoms with van der Waals surface area (Å²) in [6.45, 7) is 3.95. The number of aryl methyl sites for hydroxylation is 2. The van der Waals surface area contributed by atoms with E-state index in [1.807, 2.05) is 31.2 Å². The van der Waals surface area contributed by atoms with Gasteiger partial charge in [-0.3, -0.25) is 4.79 Å². The molecule has 4 aromatic rings. The molecule has 3 aromatic heterocycles. The van der Waals surface area contributed by atoms with Gasteiger partial charge in [0.2, 0.25) is 0 Å². The SMILES string of the molecule is Cc1ccc(-c2cc(C(=O)NCc3ccc(S(=O)(=O)N(C)C)s3)c3c(C)noc3n2)cc1. The van der Waals surface area contributed by atoms with E-state index >= 15 is 0 Å². The molecule has 0 bridgehead atoms. The summed E-state index contributed by atoms with van der Waals surface area (Å²) in [5, 5.41) is 7.39. The molecule has 166 valence electrons. The van der Waals surface area contributed by atoms with Crippen LogP contribution in [0.25, 0.3) is 22.4 Å². The maximum atomic E-state index is 13.1. The number of pyridine rings is 1. The number of benzene rings is 1. The Bertz CT molecular complexity index is 1400. The Balaban J connectivity index is 1.63. The van der Waals surface area contributed by atoms with Crippen LogP contribution in [0.5, 0.6) is 0 Å². The van der Waals surface area contributed by atoms with E-state index in [2.05, 4.69) is 15.5 Å². The fourth-order valence-electron chi connectivity index (χ4n) is 3.18. The Morgan fingerprint density at radius 1 is 1.12 bits per heavy atom. The summed E-state index contributed by atoms with van der Waals surface area (Å²) in [6.07, 6.45) is 0. The highest BCUT2D eigenvalue weighted by Crippen LogP contribution is 2.28. The van der Waals surface area contributed by atoms with E-state index in [1.54, 1.807) is 25.1 Å². The molecule has 0 atom stereocenters. The van der Waals surface area contributed by atoms with E-state index in [0.29, 0.717) is 28.1 Å². The molecule has 1 N–H and O–H groups in total. The van der Waals surface area contributed by atoms with E-state index in [9.17, 15) is 13.2 Å². The normalized spacial score (nSPS) is 11.9. The maximum Gasteiger partial charge on any atom is 0.259 e. The summed E-state index contributed by atoms with van der Waals surface area (Å²) in [7, 11) is -0.534. The van der Waals surface area contributed by atoms with Gasteiger partial charge in [-0.05, 0) is 32.0 Å². The first kappa shape index (κ1) is 22.1. The molecular formula is C22H22N4O4S2. The zero-order valence-corrected chi connectivity index (χ0v) is 19.7. The first-order valence-electron chi connectivity index (χ1n) is 9.80. The Labute approximate surface area is 189 Å². The largest absolute Gasteiger partial charge is 0.347 e. The minimum atomic E-state index is -3.50. The highest BCUT2D eigenvalue weighted by molar-refractivity contribution is 7.91. The molecule has 8 nitrogen and oxygen atoms in total. The topological polar surface area (TPSA) is 105 Å². The van der Waals surface area contributed by atoms with Gasteiger partial charge in [-0.25, -0.2) is 17.7 Å². The number of nitrogens with one attached hydrogen (secondary N) is 1. The van der Waals surface area contributed by atoms with Crippen LogP contribution in [0.15, 0.2) is 51.2 Å². The van der Waals surface area contributed by atoms with Gasteiger partial charge >= 0.3 is 0 Å². The van der Waals surface area contributed by atoms with E-state index in [-0.39, 0.29) is 16.7 Å². The lowest BCUT2D eigenvalue weighted by molar-refractivity contribution is 0.0953. The van der Waals surface area contributed by atoms with Gasteiger partial charge in [-0.15, -0.1) is 11.3 Å². The third kappa shape index (κ3) is 4.16. The molecule has 0 aliphatic carbocycles. The van der Waals surface area contributed by atoms with Crippen LogP contribution in [0.3, 0.4) is 0 Å². The summed E-state index contributed by atoms with van der Waals surface area (Å²) < 4.78 is 31.3. The van der Waals surface area contributed by atoms with Crippen molar-refractivity contribution < 1.29 is 17.7 Å². The lowest BCUT2D eigenvalue weighted by Crippen LogP contribution is -2.23. The van der Waals surface area contributed by atoms with Crippen molar-refractivity contribution in [1.82, 2.24) is 19.8 Å². The Kier molecular flexibility index (Phi) is 5.85. The zero-order chi connectivity index (χ0) is 23.0. The first-order valence-corrected chi connectivity index (χ1v) is 12.1. The lowest BCUT2D eigenvalue weighted by atomic mass is 10.0. The standard InChI is InChI=1S/C22H22N4O4S2/c1-13-5-7-15(8-6-13)18-11-17(20-14(2)25-30-22(20)24-18)21(27)23-12-16-9-10-19(31-16)32(28,29)26(3)4/h5-11H,12H2,1-4H3,(H,23,27). The molecule has 0 spiro atoms. The third-order valence-electron chi connectivity index (χ3n) is 5.00. The third-order valence-corrected chi connectivity index (χ3v) is 8.37. The summed E-state index contributed by atoms with van der Waals surface area (Å²) in [5.74, 6) is -0.317. The number of amides is 1. The van der Waals surface area contributed by atoms with Gasteiger partial charge in [0.05, 0.1) is 28.9 Å². The highest BCUT2D eigenvalue weighted by atomic mass is 32.2. The predicted molar refractivity (Wildman–Crippen MR) is 123 cm³/mol. The van der Waals surface area contributed by atoms with Crippen molar-refractivity contribution in [2.45, 2.75) is 24.6 Å².